The molecule has 0 saturated carbocycles. The molecule has 6 heteroatoms. The quantitative estimate of drug-likeness (QED) is 0.394. The monoisotopic (exact) mass is 298 g/mol. The summed E-state index contributed by atoms with van der Waals surface area (Å²) in [4.78, 5) is 0. The normalized spacial score (nSPS) is 0. The van der Waals surface area contributed by atoms with Gasteiger partial charge in [-0.25, -0.2) is 0 Å². The Hall–Kier alpha value is 2.14. The van der Waals surface area contributed by atoms with Gasteiger partial charge in [0, 0.05) is 20.4 Å². The molecule has 0 aliphatic heterocycles. The number of rotatable bonds is 0. The third-order valence-electron chi connectivity index (χ3n) is 0. The predicted molar refractivity (Wildman–Crippen MR) is 14.5 cm³/mol. The zero-order valence-corrected chi connectivity index (χ0v) is 9.22. The van der Waals surface area contributed by atoms with Crippen molar-refractivity contribution in [2.24, 2.45) is 0 Å². The van der Waals surface area contributed by atoms with Crippen molar-refractivity contribution in [2.75, 3.05) is 0 Å². The van der Waals surface area contributed by atoms with Crippen LogP contribution < -0.4 is 51.4 Å². The van der Waals surface area contributed by atoms with Gasteiger partial charge in [-0.05, 0) is 0 Å². The van der Waals surface area contributed by atoms with Crippen molar-refractivity contribution in [2.45, 2.75) is 0 Å². The summed E-state index contributed by atoms with van der Waals surface area (Å²) < 4.78 is 0. The van der Waals surface area contributed by atoms with Crippen LogP contribution in [0.5, 0.6) is 0 Å². The van der Waals surface area contributed by atoms with E-state index < -0.39 is 0 Å². The number of hydrogen-bond donors (Lipinski definition) is 0. The van der Waals surface area contributed by atoms with E-state index in [0.29, 0.717) is 0 Å². The molecule has 0 amide bonds. The summed E-state index contributed by atoms with van der Waals surface area (Å²) in [7, 11) is 0. The molecule has 0 saturated heterocycles. The van der Waals surface area contributed by atoms with Crippen LogP contribution in [0.15, 0.2) is 0 Å². The van der Waals surface area contributed by atoms with Crippen molar-refractivity contribution in [3.05, 3.63) is 0 Å². The first-order valence-corrected chi connectivity index (χ1v) is 0. The molecule has 0 atom stereocenters. The van der Waals surface area contributed by atoms with E-state index in [1.54, 1.807) is 0 Å². The molecular weight excluding hydrogens is 289 g/mol. The molecule has 0 aromatic rings. The topological polar surface area (TPSA) is 126 Å². The second-order valence-electron chi connectivity index (χ2n) is 0. The summed E-state index contributed by atoms with van der Waals surface area (Å²) in [6, 6.07) is 0. The van der Waals surface area contributed by atoms with Gasteiger partial charge < -0.3 is 21.9 Å². The van der Waals surface area contributed by atoms with Gasteiger partial charge in [-0.15, -0.1) is 0 Å². The third kappa shape index (κ3) is 35.4. The van der Waals surface area contributed by atoms with Gasteiger partial charge in [-0.2, -0.15) is 0 Å². The Balaban J connectivity index is 0. The molecule has 0 spiro atoms. The smallest absolute Gasteiger partial charge is 0.412 e. The van der Waals surface area contributed by atoms with Crippen LogP contribution in [0.3, 0.4) is 0 Å². The van der Waals surface area contributed by atoms with Crippen LogP contribution in [-0.4, -0.2) is 21.9 Å². The maximum absolute atomic E-state index is 0. The van der Waals surface area contributed by atoms with Gasteiger partial charge in [-0.3, -0.25) is 0 Å². The van der Waals surface area contributed by atoms with E-state index in [2.05, 4.69) is 0 Å². The Labute approximate surface area is 92.0 Å². The molecule has 1 radical (unpaired) electrons. The van der Waals surface area contributed by atoms with E-state index in [1.165, 1.54) is 0 Å². The van der Waals surface area contributed by atoms with E-state index in [-0.39, 0.29) is 93.7 Å². The fourth-order valence-corrected chi connectivity index (χ4v) is 0. The van der Waals surface area contributed by atoms with Gasteiger partial charge in [-0.1, -0.05) is 0 Å². The van der Waals surface area contributed by atoms with Crippen molar-refractivity contribution in [1.29, 1.82) is 0 Å². The van der Waals surface area contributed by atoms with E-state index in [1.807, 2.05) is 0 Å². The second-order valence-corrected chi connectivity index (χ2v) is 0. The minimum Gasteiger partial charge on any atom is -0.412 e. The summed E-state index contributed by atoms with van der Waals surface area (Å²) in [6.45, 7) is 0. The largest absolute Gasteiger partial charge is 1.00 e. The van der Waals surface area contributed by atoms with Crippen LogP contribution >= 0.6 is 0 Å². The van der Waals surface area contributed by atoms with E-state index in [4.69, 9.17) is 0 Å². The van der Waals surface area contributed by atoms with Gasteiger partial charge in [0.2, 0.25) is 0 Å². The molecule has 6 heavy (non-hydrogen) atoms. The fraction of sp³-hybridized carbons (Fsp3) is 0. The summed E-state index contributed by atoms with van der Waals surface area (Å²) in [5, 5.41) is 0. The van der Waals surface area contributed by atoms with Crippen LogP contribution in [0.2, 0.25) is 0 Å². The maximum atomic E-state index is 0. The fourth-order valence-electron chi connectivity index (χ4n) is 0. The average molecular weight is 297 g/mol. The summed E-state index contributed by atoms with van der Waals surface area (Å²) in [6.07, 6.45) is 0. The van der Waals surface area contributed by atoms with Crippen molar-refractivity contribution in [3.63, 3.8) is 0 Å². The molecule has 0 rings (SSSR count). The van der Waals surface area contributed by atoms with Gasteiger partial charge in [0.05, 0.1) is 0 Å². The summed E-state index contributed by atoms with van der Waals surface area (Å²) in [5.74, 6) is 0. The Kier molecular flexibility index (Phi) is 889. The molecule has 39 valence electrons. The Morgan fingerprint density at radius 3 is 0.500 bits per heavy atom. The molecule has 0 unspecified atom stereocenters. The van der Waals surface area contributed by atoms with Gasteiger partial charge >= 0.3 is 51.4 Å². The van der Waals surface area contributed by atoms with E-state index in [9.17, 15) is 0 Å². The Morgan fingerprint density at radius 1 is 0.500 bits per heavy atom. The van der Waals surface area contributed by atoms with Gasteiger partial charge in [0.1, 0.15) is 0 Å². The molecule has 0 aliphatic carbocycles. The predicted octanol–water partition coefficient (Wildman–Crippen LogP) is -6.30. The van der Waals surface area contributed by atoms with E-state index >= 15 is 0 Å². The summed E-state index contributed by atoms with van der Waals surface area (Å²) in [5.41, 5.74) is 0. The Bertz CT molecular complexity index is 7.51. The van der Waals surface area contributed by atoms with Crippen LogP contribution in [0.1, 0.15) is 0 Å². The number of hydrogen-bond acceptors (Lipinski definition) is 0. The minimum absolute atomic E-state index is 0. The zero-order valence-electron chi connectivity index (χ0n) is 3.38. The SMILES string of the molecule is O.O.O.O.[K+].[Re]. The molecule has 4 nitrogen and oxygen atoms in total. The van der Waals surface area contributed by atoms with Crippen LogP contribution in [0, 0.1) is 0 Å². The first-order valence-electron chi connectivity index (χ1n) is 0. The van der Waals surface area contributed by atoms with Crippen molar-refractivity contribution in [3.8, 4) is 0 Å². The first kappa shape index (κ1) is 90.7. The molecule has 0 fully saturated rings. The molecule has 0 heterocycles. The van der Waals surface area contributed by atoms with Gasteiger partial charge in [0.15, 0.2) is 0 Å². The molecule has 0 bridgehead atoms. The maximum Gasteiger partial charge on any atom is 1.00 e. The first-order chi connectivity index (χ1) is 0. The zero-order chi connectivity index (χ0) is 0. The standard InChI is InChI=1S/K.4H2O.Re/h;4*1H2;/q+1;;;;;. The van der Waals surface area contributed by atoms with Crippen LogP contribution in [0.4, 0.5) is 0 Å². The third-order valence-corrected chi connectivity index (χ3v) is 0. The molecule has 0 aromatic carbocycles. The molecule has 8 N–H and O–H groups in total. The minimum atomic E-state index is 0. The molecule has 0 aromatic heterocycles. The van der Waals surface area contributed by atoms with Crippen LogP contribution in [0.25, 0.3) is 0 Å². The van der Waals surface area contributed by atoms with Crippen molar-refractivity contribution in [1.82, 2.24) is 0 Å². The second kappa shape index (κ2) is 58.8. The van der Waals surface area contributed by atoms with Crippen LogP contribution in [-0.2, 0) is 20.4 Å². The van der Waals surface area contributed by atoms with E-state index in [0.717, 1.165) is 0 Å². The summed E-state index contributed by atoms with van der Waals surface area (Å²) >= 11 is 0. The average Bonchev–Trinajstić information content (AvgIpc) is 0. The Morgan fingerprint density at radius 2 is 0.500 bits per heavy atom. The van der Waals surface area contributed by atoms with Gasteiger partial charge in [0.25, 0.3) is 0 Å². The molecular formula is H8KO4Re+. The molecule has 0 aliphatic rings. The van der Waals surface area contributed by atoms with Crippen molar-refractivity contribution >= 4 is 0 Å². The van der Waals surface area contributed by atoms with Crippen molar-refractivity contribution < 1.29 is 93.7 Å².